The van der Waals surface area contributed by atoms with Gasteiger partial charge in [-0.15, -0.1) is 0 Å². The molecule has 35 heavy (non-hydrogen) atoms. The molecular weight excluding hydrogens is 448 g/mol. The first-order chi connectivity index (χ1) is 17.1. The Morgan fingerprint density at radius 2 is 1.23 bits per heavy atom. The Kier molecular flexibility index (Phi) is 18.9. The third-order valence-corrected chi connectivity index (χ3v) is 5.70. The van der Waals surface area contributed by atoms with Gasteiger partial charge in [0.25, 0.3) is 0 Å². The number of ether oxygens (including phenoxy) is 4. The van der Waals surface area contributed by atoms with Gasteiger partial charge < -0.3 is 24.1 Å². The van der Waals surface area contributed by atoms with Crippen molar-refractivity contribution in [2.75, 3.05) is 33.0 Å². The van der Waals surface area contributed by atoms with Gasteiger partial charge in [-0.25, -0.2) is 9.59 Å². The summed E-state index contributed by atoms with van der Waals surface area (Å²) in [5, 5.41) is 9.21. The maximum absolute atomic E-state index is 12.2. The van der Waals surface area contributed by atoms with Gasteiger partial charge in [-0.2, -0.15) is 0 Å². The Morgan fingerprint density at radius 1 is 0.714 bits per heavy atom. The quantitative estimate of drug-likeness (QED) is 0.104. The molecule has 1 aromatic carbocycles. The number of carboxylic acid groups (broad SMARTS) is 1. The molecule has 1 rings (SSSR count). The first kappa shape index (κ1) is 31.1. The van der Waals surface area contributed by atoms with Crippen molar-refractivity contribution in [1.29, 1.82) is 0 Å². The Balaban J connectivity index is 2.32. The van der Waals surface area contributed by atoms with Crippen molar-refractivity contribution in [1.82, 2.24) is 0 Å². The first-order valence-electron chi connectivity index (χ1n) is 13.4. The van der Waals surface area contributed by atoms with Gasteiger partial charge in [-0.3, -0.25) is 0 Å². The molecule has 0 aliphatic heterocycles. The van der Waals surface area contributed by atoms with Crippen LogP contribution in [0.3, 0.4) is 0 Å². The zero-order chi connectivity index (χ0) is 25.6. The molecule has 0 atom stereocenters. The van der Waals surface area contributed by atoms with Crippen LogP contribution in [0.1, 0.15) is 112 Å². The number of hydrogen-bond acceptors (Lipinski definition) is 6. The third kappa shape index (κ3) is 15.6. The van der Waals surface area contributed by atoms with E-state index < -0.39 is 18.2 Å². The minimum absolute atomic E-state index is 0.0222. The van der Waals surface area contributed by atoms with Crippen LogP contribution in [-0.4, -0.2) is 56.4 Å². The molecule has 0 aliphatic rings. The lowest BCUT2D eigenvalue weighted by molar-refractivity contribution is -0.174. The molecule has 0 aromatic heterocycles. The number of benzene rings is 1. The van der Waals surface area contributed by atoms with Crippen LogP contribution in [0.2, 0.25) is 0 Å². The zero-order valence-corrected chi connectivity index (χ0v) is 21.8. The number of hydrogen-bond donors (Lipinski definition) is 1. The van der Waals surface area contributed by atoms with Crippen molar-refractivity contribution < 1.29 is 33.6 Å². The molecule has 0 fully saturated rings. The molecule has 0 aliphatic carbocycles. The summed E-state index contributed by atoms with van der Waals surface area (Å²) in [6, 6.07) is 5.99. The summed E-state index contributed by atoms with van der Waals surface area (Å²) in [6.45, 7) is 6.16. The van der Waals surface area contributed by atoms with Crippen molar-refractivity contribution in [3.05, 3.63) is 35.4 Å². The third-order valence-electron chi connectivity index (χ3n) is 5.70. The van der Waals surface area contributed by atoms with E-state index in [0.29, 0.717) is 13.2 Å². The SMILES string of the molecule is CCCCCCCCOC(COCCOC(=O)c1ccccc1C(=O)O)OCCCCCCCC. The fourth-order valence-electron chi connectivity index (χ4n) is 3.64. The van der Waals surface area contributed by atoms with E-state index in [0.717, 1.165) is 25.7 Å². The largest absolute Gasteiger partial charge is 0.478 e. The van der Waals surface area contributed by atoms with Gasteiger partial charge in [0, 0.05) is 13.2 Å². The van der Waals surface area contributed by atoms with Gasteiger partial charge >= 0.3 is 11.9 Å². The fraction of sp³-hybridized carbons (Fsp3) is 0.714. The standard InChI is InChI=1S/C28H46O7/c1-3-5-7-9-11-15-19-33-26(34-20-16-12-10-8-6-4-2)23-32-21-22-35-28(31)25-18-14-13-17-24(25)27(29)30/h13-14,17-18,26H,3-12,15-16,19-23H2,1-2H3,(H,29,30). The Hall–Kier alpha value is -1.96. The van der Waals surface area contributed by atoms with E-state index in [1.807, 2.05) is 0 Å². The molecule has 0 saturated carbocycles. The van der Waals surface area contributed by atoms with Crippen LogP contribution in [0.4, 0.5) is 0 Å². The van der Waals surface area contributed by atoms with E-state index >= 15 is 0 Å². The molecule has 0 saturated heterocycles. The van der Waals surface area contributed by atoms with Crippen LogP contribution < -0.4 is 0 Å². The average molecular weight is 495 g/mol. The number of esters is 1. The van der Waals surface area contributed by atoms with Crippen LogP contribution in [-0.2, 0) is 18.9 Å². The molecule has 0 spiro atoms. The second-order valence-electron chi connectivity index (χ2n) is 8.77. The Morgan fingerprint density at radius 3 is 1.77 bits per heavy atom. The second-order valence-corrected chi connectivity index (χ2v) is 8.77. The molecule has 0 heterocycles. The summed E-state index contributed by atoms with van der Waals surface area (Å²) in [4.78, 5) is 23.5. The summed E-state index contributed by atoms with van der Waals surface area (Å²) >= 11 is 0. The molecule has 7 heteroatoms. The van der Waals surface area contributed by atoms with Crippen LogP contribution in [0.5, 0.6) is 0 Å². The molecule has 0 radical (unpaired) electrons. The highest BCUT2D eigenvalue weighted by Gasteiger charge is 2.17. The Bertz CT molecular complexity index is 659. The molecular formula is C28H46O7. The first-order valence-corrected chi connectivity index (χ1v) is 13.4. The van der Waals surface area contributed by atoms with Crippen molar-refractivity contribution in [3.8, 4) is 0 Å². The molecule has 1 aromatic rings. The monoisotopic (exact) mass is 494 g/mol. The van der Waals surface area contributed by atoms with E-state index in [1.54, 1.807) is 12.1 Å². The van der Waals surface area contributed by atoms with E-state index in [-0.39, 0.29) is 30.9 Å². The molecule has 0 bridgehead atoms. The maximum atomic E-state index is 12.2. The predicted octanol–water partition coefficient (Wildman–Crippen LogP) is 6.64. The number of carbonyl (C=O) groups excluding carboxylic acids is 1. The fourth-order valence-corrected chi connectivity index (χ4v) is 3.64. The highest BCUT2D eigenvalue weighted by Crippen LogP contribution is 2.11. The summed E-state index contributed by atoms with van der Waals surface area (Å²) in [5.41, 5.74) is -0.0490. The van der Waals surface area contributed by atoms with Crippen molar-refractivity contribution in [3.63, 3.8) is 0 Å². The number of rotatable bonds is 23. The molecule has 1 N–H and O–H groups in total. The van der Waals surface area contributed by atoms with Crippen molar-refractivity contribution >= 4 is 11.9 Å². The molecule has 200 valence electrons. The number of carbonyl (C=O) groups is 2. The van der Waals surface area contributed by atoms with E-state index in [9.17, 15) is 14.7 Å². The van der Waals surface area contributed by atoms with Crippen LogP contribution in [0.15, 0.2) is 24.3 Å². The summed E-state index contributed by atoms with van der Waals surface area (Å²) in [7, 11) is 0. The zero-order valence-electron chi connectivity index (χ0n) is 21.8. The topological polar surface area (TPSA) is 91.3 Å². The number of carboxylic acids is 1. The molecule has 0 unspecified atom stereocenters. The molecule has 7 nitrogen and oxygen atoms in total. The smallest absolute Gasteiger partial charge is 0.339 e. The van der Waals surface area contributed by atoms with Crippen LogP contribution in [0, 0.1) is 0 Å². The lowest BCUT2D eigenvalue weighted by Gasteiger charge is -2.19. The van der Waals surface area contributed by atoms with Gasteiger partial charge in [0.2, 0.25) is 0 Å². The highest BCUT2D eigenvalue weighted by molar-refractivity contribution is 6.02. The minimum atomic E-state index is -1.17. The number of unbranched alkanes of at least 4 members (excludes halogenated alkanes) is 10. The van der Waals surface area contributed by atoms with Gasteiger partial charge in [0.1, 0.15) is 6.61 Å². The van der Waals surface area contributed by atoms with Gasteiger partial charge in [0.15, 0.2) is 6.29 Å². The lowest BCUT2D eigenvalue weighted by atomic mass is 10.1. The lowest BCUT2D eigenvalue weighted by Crippen LogP contribution is -2.26. The average Bonchev–Trinajstić information content (AvgIpc) is 2.86. The summed E-state index contributed by atoms with van der Waals surface area (Å²) in [6.07, 6.45) is 13.9. The van der Waals surface area contributed by atoms with E-state index in [2.05, 4.69) is 13.8 Å². The second kappa shape index (κ2) is 21.3. The molecule has 0 amide bonds. The van der Waals surface area contributed by atoms with Gasteiger partial charge in [0.05, 0.1) is 24.3 Å². The van der Waals surface area contributed by atoms with Gasteiger partial charge in [-0.05, 0) is 25.0 Å². The van der Waals surface area contributed by atoms with Crippen molar-refractivity contribution in [2.45, 2.75) is 97.2 Å². The van der Waals surface area contributed by atoms with Crippen molar-refractivity contribution in [2.24, 2.45) is 0 Å². The van der Waals surface area contributed by atoms with Gasteiger partial charge in [-0.1, -0.05) is 90.2 Å². The maximum Gasteiger partial charge on any atom is 0.339 e. The van der Waals surface area contributed by atoms with E-state index in [4.69, 9.17) is 18.9 Å². The predicted molar refractivity (Wildman–Crippen MR) is 137 cm³/mol. The van der Waals surface area contributed by atoms with Crippen LogP contribution >= 0.6 is 0 Å². The summed E-state index contributed by atoms with van der Waals surface area (Å²) < 4.78 is 22.6. The summed E-state index contributed by atoms with van der Waals surface area (Å²) in [5.74, 6) is -1.84. The minimum Gasteiger partial charge on any atom is -0.478 e. The number of aromatic carboxylic acids is 1. The Labute approximate surface area is 211 Å². The highest BCUT2D eigenvalue weighted by atomic mass is 16.7. The van der Waals surface area contributed by atoms with E-state index in [1.165, 1.54) is 63.5 Å². The normalized spacial score (nSPS) is 11.2. The van der Waals surface area contributed by atoms with Crippen LogP contribution in [0.25, 0.3) is 0 Å².